The molecule has 2 aromatic carbocycles. The summed E-state index contributed by atoms with van der Waals surface area (Å²) in [6.07, 6.45) is 1.46. The number of nitrogens with one attached hydrogen (secondary N) is 2. The van der Waals surface area contributed by atoms with Gasteiger partial charge in [-0.3, -0.25) is 14.6 Å². The molecule has 0 saturated heterocycles. The third-order valence-corrected chi connectivity index (χ3v) is 4.85. The number of anilines is 2. The van der Waals surface area contributed by atoms with E-state index in [0.29, 0.717) is 22.9 Å². The van der Waals surface area contributed by atoms with Gasteiger partial charge < -0.3 is 10.6 Å². The summed E-state index contributed by atoms with van der Waals surface area (Å²) in [5.41, 5.74) is 5.41. The molecule has 0 aliphatic rings. The van der Waals surface area contributed by atoms with Gasteiger partial charge in [0.1, 0.15) is 5.69 Å². The second-order valence-electron chi connectivity index (χ2n) is 7.41. The highest BCUT2D eigenvalue weighted by atomic mass is 16.2. The predicted molar refractivity (Wildman–Crippen MR) is 117 cm³/mol. The lowest BCUT2D eigenvalue weighted by Crippen LogP contribution is -2.17. The molecule has 0 aliphatic carbocycles. The van der Waals surface area contributed by atoms with Crippen LogP contribution in [0.15, 0.2) is 60.8 Å². The molecule has 2 amide bonds. The molecule has 148 valence electrons. The van der Waals surface area contributed by atoms with Gasteiger partial charge in [-0.15, -0.1) is 0 Å². The highest BCUT2D eigenvalue weighted by Gasteiger charge is 2.13. The quantitative estimate of drug-likeness (QED) is 0.622. The van der Waals surface area contributed by atoms with E-state index in [9.17, 15) is 9.59 Å². The average molecular weight is 387 g/mol. The van der Waals surface area contributed by atoms with Gasteiger partial charge in [0.05, 0.1) is 0 Å². The van der Waals surface area contributed by atoms with Crippen molar-refractivity contribution < 1.29 is 9.59 Å². The second-order valence-corrected chi connectivity index (χ2v) is 7.41. The van der Waals surface area contributed by atoms with Gasteiger partial charge in [-0.2, -0.15) is 0 Å². The molecule has 1 heterocycles. The number of aromatic nitrogens is 1. The van der Waals surface area contributed by atoms with E-state index < -0.39 is 0 Å². The van der Waals surface area contributed by atoms with Crippen LogP contribution in [0.3, 0.4) is 0 Å². The highest BCUT2D eigenvalue weighted by Crippen LogP contribution is 2.18. The summed E-state index contributed by atoms with van der Waals surface area (Å²) in [6, 6.07) is 16.5. The maximum absolute atomic E-state index is 12.6. The van der Waals surface area contributed by atoms with E-state index in [4.69, 9.17) is 0 Å². The fraction of sp³-hybridized carbons (Fsp3) is 0.208. The van der Waals surface area contributed by atoms with Gasteiger partial charge in [-0.05, 0) is 72.9 Å². The molecule has 0 saturated carbocycles. The van der Waals surface area contributed by atoms with E-state index in [-0.39, 0.29) is 17.5 Å². The summed E-state index contributed by atoms with van der Waals surface area (Å²) in [5, 5.41) is 5.68. The molecular formula is C24H25N3O2. The van der Waals surface area contributed by atoms with Gasteiger partial charge in [0.2, 0.25) is 0 Å². The highest BCUT2D eigenvalue weighted by molar-refractivity contribution is 6.07. The minimum absolute atomic E-state index is 0.186. The first-order valence-corrected chi connectivity index (χ1v) is 9.59. The molecule has 0 radical (unpaired) electrons. The van der Waals surface area contributed by atoms with Crippen LogP contribution in [0.5, 0.6) is 0 Å². The monoisotopic (exact) mass is 387 g/mol. The maximum Gasteiger partial charge on any atom is 0.274 e. The molecule has 5 nitrogen and oxygen atoms in total. The van der Waals surface area contributed by atoms with Crippen LogP contribution in [-0.2, 0) is 0 Å². The standard InChI is InChI=1S/C24H25N3O2/c1-15(2)18-6-9-20(10-7-18)26-23(28)19-11-12-25-22(14-19)24(29)27-21-8-5-16(3)17(4)13-21/h5-15H,1-4H3,(H,26,28)(H,27,29). The van der Waals surface area contributed by atoms with Gasteiger partial charge in [0.15, 0.2) is 0 Å². The van der Waals surface area contributed by atoms with Crippen molar-refractivity contribution in [3.8, 4) is 0 Å². The Kier molecular flexibility index (Phi) is 6.07. The second kappa shape index (κ2) is 8.69. The normalized spacial score (nSPS) is 10.7. The Morgan fingerprint density at radius 1 is 0.793 bits per heavy atom. The van der Waals surface area contributed by atoms with Crippen molar-refractivity contribution in [2.45, 2.75) is 33.6 Å². The Balaban J connectivity index is 1.71. The van der Waals surface area contributed by atoms with Crippen molar-refractivity contribution in [2.24, 2.45) is 0 Å². The molecule has 2 N–H and O–H groups in total. The fourth-order valence-corrected chi connectivity index (χ4v) is 2.86. The van der Waals surface area contributed by atoms with Crippen LogP contribution in [0, 0.1) is 13.8 Å². The lowest BCUT2D eigenvalue weighted by molar-refractivity contribution is 0.102. The molecule has 0 aliphatic heterocycles. The molecule has 0 atom stereocenters. The number of hydrogen-bond acceptors (Lipinski definition) is 3. The summed E-state index contributed by atoms with van der Waals surface area (Å²) in [4.78, 5) is 29.2. The number of hydrogen-bond donors (Lipinski definition) is 2. The molecule has 29 heavy (non-hydrogen) atoms. The predicted octanol–water partition coefficient (Wildman–Crippen LogP) is 5.33. The molecule has 0 spiro atoms. The van der Waals surface area contributed by atoms with Crippen LogP contribution in [0.1, 0.15) is 57.3 Å². The van der Waals surface area contributed by atoms with E-state index >= 15 is 0 Å². The summed E-state index contributed by atoms with van der Waals surface area (Å²) in [7, 11) is 0. The van der Waals surface area contributed by atoms with E-state index in [1.807, 2.05) is 56.3 Å². The molecule has 1 aromatic heterocycles. The third kappa shape index (κ3) is 5.08. The molecule has 3 aromatic rings. The molecule has 0 fully saturated rings. The van der Waals surface area contributed by atoms with Crippen LogP contribution < -0.4 is 10.6 Å². The first kappa shape index (κ1) is 20.3. The lowest BCUT2D eigenvalue weighted by atomic mass is 10.0. The molecule has 3 rings (SSSR count). The fourth-order valence-electron chi connectivity index (χ4n) is 2.86. The Hall–Kier alpha value is -3.47. The summed E-state index contributed by atoms with van der Waals surface area (Å²) >= 11 is 0. The Bertz CT molecular complexity index is 1040. The van der Waals surface area contributed by atoms with Crippen LogP contribution in [0.4, 0.5) is 11.4 Å². The maximum atomic E-state index is 12.6. The zero-order valence-electron chi connectivity index (χ0n) is 17.1. The van der Waals surface area contributed by atoms with Crippen LogP contribution >= 0.6 is 0 Å². The molecule has 0 unspecified atom stereocenters. The summed E-state index contributed by atoms with van der Waals surface area (Å²) in [6.45, 7) is 8.24. The Labute approximate surface area is 171 Å². The Morgan fingerprint density at radius 3 is 2.10 bits per heavy atom. The zero-order valence-corrected chi connectivity index (χ0v) is 17.1. The number of pyridine rings is 1. The van der Waals surface area contributed by atoms with Crippen LogP contribution in [0.2, 0.25) is 0 Å². The third-order valence-electron chi connectivity index (χ3n) is 4.85. The summed E-state index contributed by atoms with van der Waals surface area (Å²) < 4.78 is 0. The van der Waals surface area contributed by atoms with E-state index in [1.54, 1.807) is 6.07 Å². The minimum Gasteiger partial charge on any atom is -0.322 e. The number of aryl methyl sites for hydroxylation is 2. The van der Waals surface area contributed by atoms with Crippen molar-refractivity contribution in [1.29, 1.82) is 0 Å². The number of carbonyl (C=O) groups excluding carboxylic acids is 2. The summed E-state index contributed by atoms with van der Waals surface area (Å²) in [5.74, 6) is -0.215. The van der Waals surface area contributed by atoms with Crippen molar-refractivity contribution >= 4 is 23.2 Å². The topological polar surface area (TPSA) is 71.1 Å². The number of nitrogens with zero attached hydrogens (tertiary/aromatic N) is 1. The molecular weight excluding hydrogens is 362 g/mol. The van der Waals surface area contributed by atoms with E-state index in [1.165, 1.54) is 17.8 Å². The zero-order chi connectivity index (χ0) is 21.0. The van der Waals surface area contributed by atoms with Gasteiger partial charge in [0, 0.05) is 23.1 Å². The van der Waals surface area contributed by atoms with E-state index in [2.05, 4.69) is 29.5 Å². The first-order chi connectivity index (χ1) is 13.8. The first-order valence-electron chi connectivity index (χ1n) is 9.59. The smallest absolute Gasteiger partial charge is 0.274 e. The minimum atomic E-state index is -0.357. The van der Waals surface area contributed by atoms with Crippen molar-refractivity contribution in [2.75, 3.05) is 10.6 Å². The van der Waals surface area contributed by atoms with Gasteiger partial charge in [0.25, 0.3) is 11.8 Å². The van der Waals surface area contributed by atoms with Gasteiger partial charge in [-0.1, -0.05) is 32.0 Å². The Morgan fingerprint density at radius 2 is 1.45 bits per heavy atom. The van der Waals surface area contributed by atoms with Crippen LogP contribution in [0.25, 0.3) is 0 Å². The number of rotatable bonds is 5. The van der Waals surface area contributed by atoms with Crippen molar-refractivity contribution in [3.63, 3.8) is 0 Å². The largest absolute Gasteiger partial charge is 0.322 e. The van der Waals surface area contributed by atoms with Gasteiger partial charge in [-0.25, -0.2) is 0 Å². The SMILES string of the molecule is Cc1ccc(NC(=O)c2cc(C(=O)Nc3ccc(C(C)C)cc3)ccn2)cc1C. The van der Waals surface area contributed by atoms with Gasteiger partial charge >= 0.3 is 0 Å². The molecule has 0 bridgehead atoms. The number of carbonyl (C=O) groups is 2. The lowest BCUT2D eigenvalue weighted by Gasteiger charge is -2.10. The average Bonchev–Trinajstić information content (AvgIpc) is 2.71. The van der Waals surface area contributed by atoms with E-state index in [0.717, 1.165) is 11.1 Å². The van der Waals surface area contributed by atoms with Crippen molar-refractivity contribution in [1.82, 2.24) is 4.98 Å². The number of benzene rings is 2. The van der Waals surface area contributed by atoms with Crippen molar-refractivity contribution in [3.05, 3.63) is 88.7 Å². The van der Waals surface area contributed by atoms with Crippen LogP contribution in [-0.4, -0.2) is 16.8 Å². The number of amides is 2. The molecule has 5 heteroatoms.